The van der Waals surface area contributed by atoms with Crippen LogP contribution in [0.3, 0.4) is 0 Å². The maximum Gasteiger partial charge on any atom is 0.221 e. The number of carbonyl (C=O) groups is 1. The smallest absolute Gasteiger partial charge is 0.221 e. The monoisotopic (exact) mass is 279 g/mol. The van der Waals surface area contributed by atoms with Gasteiger partial charge in [0.1, 0.15) is 5.82 Å². The summed E-state index contributed by atoms with van der Waals surface area (Å²) < 4.78 is 13.3. The first kappa shape index (κ1) is 13.6. The third kappa shape index (κ3) is 4.40. The predicted octanol–water partition coefficient (Wildman–Crippen LogP) is 2.35. The molecular weight excluding hydrogens is 265 g/mol. The number of aromatic amines is 1. The average Bonchev–Trinajstić information content (AvgIpc) is 2.92. The molecule has 0 aliphatic rings. The molecule has 2 aromatic rings. The van der Waals surface area contributed by atoms with Crippen molar-refractivity contribution in [2.45, 2.75) is 17.9 Å². The zero-order valence-electron chi connectivity index (χ0n) is 10.2. The molecule has 0 atom stereocenters. The van der Waals surface area contributed by atoms with Crippen molar-refractivity contribution < 1.29 is 9.18 Å². The van der Waals surface area contributed by atoms with Crippen LogP contribution in [0.2, 0.25) is 0 Å². The Hall–Kier alpha value is -1.82. The van der Waals surface area contributed by atoms with Crippen molar-refractivity contribution >= 4 is 17.7 Å². The maximum absolute atomic E-state index is 13.3. The van der Waals surface area contributed by atoms with Crippen molar-refractivity contribution in [3.8, 4) is 0 Å². The van der Waals surface area contributed by atoms with Crippen LogP contribution >= 0.6 is 11.8 Å². The molecule has 0 unspecified atom stereocenters. The van der Waals surface area contributed by atoms with E-state index < -0.39 is 0 Å². The number of nitrogens with zero attached hydrogens (tertiary/aromatic N) is 1. The fourth-order valence-electron chi connectivity index (χ4n) is 1.48. The van der Waals surface area contributed by atoms with Crippen LogP contribution in [0.4, 0.5) is 4.39 Å². The lowest BCUT2D eigenvalue weighted by Crippen LogP contribution is -2.23. The van der Waals surface area contributed by atoms with Crippen LogP contribution in [-0.4, -0.2) is 21.6 Å². The summed E-state index contributed by atoms with van der Waals surface area (Å²) in [7, 11) is 0. The summed E-state index contributed by atoms with van der Waals surface area (Å²) in [5, 5.41) is 2.77. The van der Waals surface area contributed by atoms with E-state index in [2.05, 4.69) is 15.3 Å². The van der Waals surface area contributed by atoms with Crippen molar-refractivity contribution in [1.29, 1.82) is 0 Å². The average molecular weight is 279 g/mol. The number of benzene rings is 1. The Bertz CT molecular complexity index is 530. The fourth-order valence-corrected chi connectivity index (χ4v) is 2.37. The van der Waals surface area contributed by atoms with Crippen molar-refractivity contribution in [3.05, 3.63) is 48.3 Å². The van der Waals surface area contributed by atoms with Gasteiger partial charge in [-0.3, -0.25) is 4.79 Å². The standard InChI is InChI=1S/C13H14FN3OS/c14-11-3-1-2-4-12(11)19-6-5-13(18)16-8-10-7-15-9-17-10/h1-4,7,9H,5-6,8H2,(H,15,17)(H,16,18). The largest absolute Gasteiger partial charge is 0.350 e. The van der Waals surface area contributed by atoms with Gasteiger partial charge in [0.2, 0.25) is 5.91 Å². The second-order valence-corrected chi connectivity index (χ2v) is 5.02. The Balaban J connectivity index is 1.68. The number of amides is 1. The zero-order valence-corrected chi connectivity index (χ0v) is 11.0. The maximum atomic E-state index is 13.3. The molecule has 2 N–H and O–H groups in total. The van der Waals surface area contributed by atoms with Crippen LogP contribution in [0.25, 0.3) is 0 Å². The SMILES string of the molecule is O=C(CCSc1ccccc1F)NCc1cnc[nH]1. The molecule has 0 aliphatic heterocycles. The van der Waals surface area contributed by atoms with Crippen LogP contribution in [-0.2, 0) is 11.3 Å². The molecule has 0 fully saturated rings. The van der Waals surface area contributed by atoms with Gasteiger partial charge in [-0.1, -0.05) is 12.1 Å². The Morgan fingerprint density at radius 2 is 2.26 bits per heavy atom. The van der Waals surface area contributed by atoms with Gasteiger partial charge in [-0.15, -0.1) is 11.8 Å². The third-order valence-corrected chi connectivity index (χ3v) is 3.50. The molecule has 0 radical (unpaired) electrons. The van der Waals surface area contributed by atoms with E-state index in [4.69, 9.17) is 0 Å². The van der Waals surface area contributed by atoms with E-state index in [0.29, 0.717) is 23.6 Å². The lowest BCUT2D eigenvalue weighted by atomic mass is 10.3. The molecule has 6 heteroatoms. The van der Waals surface area contributed by atoms with Crippen LogP contribution in [0.5, 0.6) is 0 Å². The second-order valence-electron chi connectivity index (χ2n) is 3.88. The molecule has 1 heterocycles. The van der Waals surface area contributed by atoms with Crippen molar-refractivity contribution in [3.63, 3.8) is 0 Å². The topological polar surface area (TPSA) is 57.8 Å². The molecule has 4 nitrogen and oxygen atoms in total. The minimum Gasteiger partial charge on any atom is -0.350 e. The number of carbonyl (C=O) groups excluding carboxylic acids is 1. The fraction of sp³-hybridized carbons (Fsp3) is 0.231. The second kappa shape index (κ2) is 6.94. The third-order valence-electron chi connectivity index (χ3n) is 2.45. The van der Waals surface area contributed by atoms with E-state index in [1.165, 1.54) is 17.8 Å². The number of halogens is 1. The number of rotatable bonds is 6. The molecule has 0 aliphatic carbocycles. The van der Waals surface area contributed by atoms with Gasteiger partial charge in [-0.05, 0) is 12.1 Å². The minimum absolute atomic E-state index is 0.0570. The molecule has 0 spiro atoms. The van der Waals surface area contributed by atoms with Gasteiger partial charge in [0.05, 0.1) is 18.6 Å². The normalized spacial score (nSPS) is 10.4. The van der Waals surface area contributed by atoms with Gasteiger partial charge in [0.25, 0.3) is 0 Å². The van der Waals surface area contributed by atoms with Crippen LogP contribution in [0.1, 0.15) is 12.1 Å². The zero-order chi connectivity index (χ0) is 13.5. The van der Waals surface area contributed by atoms with E-state index in [-0.39, 0.29) is 11.7 Å². The Labute approximate surface area is 114 Å². The highest BCUT2D eigenvalue weighted by atomic mass is 32.2. The first-order valence-electron chi connectivity index (χ1n) is 5.87. The van der Waals surface area contributed by atoms with Gasteiger partial charge < -0.3 is 10.3 Å². The first-order valence-corrected chi connectivity index (χ1v) is 6.85. The molecule has 1 aromatic heterocycles. The Morgan fingerprint density at radius 1 is 1.42 bits per heavy atom. The van der Waals surface area contributed by atoms with Gasteiger partial charge in [-0.2, -0.15) is 0 Å². The van der Waals surface area contributed by atoms with Gasteiger partial charge in [0.15, 0.2) is 0 Å². The molecule has 1 amide bonds. The summed E-state index contributed by atoms with van der Waals surface area (Å²) >= 11 is 1.34. The lowest BCUT2D eigenvalue weighted by Gasteiger charge is -2.04. The number of hydrogen-bond acceptors (Lipinski definition) is 3. The lowest BCUT2D eigenvalue weighted by molar-refractivity contribution is -0.120. The summed E-state index contributed by atoms with van der Waals surface area (Å²) in [5.41, 5.74) is 0.857. The highest BCUT2D eigenvalue weighted by Gasteiger charge is 2.05. The van der Waals surface area contributed by atoms with Crippen molar-refractivity contribution in [1.82, 2.24) is 15.3 Å². The van der Waals surface area contributed by atoms with E-state index in [9.17, 15) is 9.18 Å². The summed E-state index contributed by atoms with van der Waals surface area (Å²) in [4.78, 5) is 18.9. The number of nitrogens with one attached hydrogen (secondary N) is 2. The molecular formula is C13H14FN3OS. The molecule has 0 saturated heterocycles. The molecule has 100 valence electrons. The van der Waals surface area contributed by atoms with Crippen molar-refractivity contribution in [2.75, 3.05) is 5.75 Å². The first-order chi connectivity index (χ1) is 9.25. The summed E-state index contributed by atoms with van der Waals surface area (Å²) in [6.45, 7) is 0.434. The Kier molecular flexibility index (Phi) is 4.97. The molecule has 2 rings (SSSR count). The molecule has 0 bridgehead atoms. The number of aromatic nitrogens is 2. The number of imidazole rings is 1. The predicted molar refractivity (Wildman–Crippen MR) is 72.2 cm³/mol. The number of H-pyrrole nitrogens is 1. The quantitative estimate of drug-likeness (QED) is 0.798. The van der Waals surface area contributed by atoms with Gasteiger partial charge in [-0.25, -0.2) is 9.37 Å². The van der Waals surface area contributed by atoms with Gasteiger partial charge in [0, 0.05) is 23.3 Å². The summed E-state index contributed by atoms with van der Waals surface area (Å²) in [6.07, 6.45) is 3.58. The van der Waals surface area contributed by atoms with E-state index in [1.54, 1.807) is 30.7 Å². The number of thioether (sulfide) groups is 1. The highest BCUT2D eigenvalue weighted by molar-refractivity contribution is 7.99. The van der Waals surface area contributed by atoms with E-state index >= 15 is 0 Å². The molecule has 19 heavy (non-hydrogen) atoms. The van der Waals surface area contributed by atoms with E-state index in [0.717, 1.165) is 5.69 Å². The van der Waals surface area contributed by atoms with Crippen LogP contribution in [0.15, 0.2) is 41.7 Å². The molecule has 0 saturated carbocycles. The van der Waals surface area contributed by atoms with Crippen molar-refractivity contribution in [2.24, 2.45) is 0 Å². The Morgan fingerprint density at radius 3 is 3.00 bits per heavy atom. The van der Waals surface area contributed by atoms with Crippen LogP contribution in [0, 0.1) is 5.82 Å². The number of hydrogen-bond donors (Lipinski definition) is 2. The van der Waals surface area contributed by atoms with Crippen LogP contribution < -0.4 is 5.32 Å². The molecule has 1 aromatic carbocycles. The van der Waals surface area contributed by atoms with E-state index in [1.807, 2.05) is 0 Å². The minimum atomic E-state index is -0.245. The highest BCUT2D eigenvalue weighted by Crippen LogP contribution is 2.21. The summed E-state index contributed by atoms with van der Waals surface area (Å²) in [5.74, 6) is 0.249. The summed E-state index contributed by atoms with van der Waals surface area (Å²) in [6, 6.07) is 6.56. The van der Waals surface area contributed by atoms with Gasteiger partial charge >= 0.3 is 0 Å².